The second-order valence-corrected chi connectivity index (χ2v) is 2.80. The number of anilines is 1. The van der Waals surface area contributed by atoms with E-state index in [2.05, 4.69) is 11.8 Å². The molecular weight excluding hydrogens is 184 g/mol. The third kappa shape index (κ3) is 2.71. The van der Waals surface area contributed by atoms with Crippen LogP contribution in [0, 0.1) is 23.2 Å². The number of rotatable bonds is 0. The molecule has 0 heterocycles. The standard InChI is InChI=1S/C10H7ClN2/c11-9-4-5-10(13)8(7-9)3-1-2-6-12/h4-5,7H,2,13H2. The Hall–Kier alpha value is -1.64. The van der Waals surface area contributed by atoms with Gasteiger partial charge in [0.2, 0.25) is 0 Å². The first-order valence-electron chi connectivity index (χ1n) is 3.65. The van der Waals surface area contributed by atoms with Gasteiger partial charge in [-0.1, -0.05) is 23.4 Å². The topological polar surface area (TPSA) is 49.8 Å². The molecule has 1 aromatic rings. The Kier molecular flexibility index (Phi) is 3.20. The predicted molar refractivity (Wildman–Crippen MR) is 53.0 cm³/mol. The monoisotopic (exact) mass is 190 g/mol. The van der Waals surface area contributed by atoms with Crippen molar-refractivity contribution in [3.05, 3.63) is 28.8 Å². The summed E-state index contributed by atoms with van der Waals surface area (Å²) in [6.07, 6.45) is 0.200. The van der Waals surface area contributed by atoms with Gasteiger partial charge in [0, 0.05) is 16.3 Å². The molecule has 2 nitrogen and oxygen atoms in total. The number of halogens is 1. The van der Waals surface area contributed by atoms with Gasteiger partial charge in [-0.15, -0.1) is 0 Å². The van der Waals surface area contributed by atoms with Crippen molar-refractivity contribution in [3.8, 4) is 17.9 Å². The Labute approximate surface area is 81.9 Å². The highest BCUT2D eigenvalue weighted by Crippen LogP contribution is 2.16. The van der Waals surface area contributed by atoms with Crippen LogP contribution < -0.4 is 5.73 Å². The van der Waals surface area contributed by atoms with Gasteiger partial charge in [0.1, 0.15) is 0 Å². The second-order valence-electron chi connectivity index (χ2n) is 2.37. The van der Waals surface area contributed by atoms with Crippen molar-refractivity contribution in [2.24, 2.45) is 0 Å². The van der Waals surface area contributed by atoms with E-state index in [-0.39, 0.29) is 6.42 Å². The number of benzene rings is 1. The van der Waals surface area contributed by atoms with Gasteiger partial charge in [0.25, 0.3) is 0 Å². The van der Waals surface area contributed by atoms with Crippen molar-refractivity contribution in [3.63, 3.8) is 0 Å². The maximum atomic E-state index is 8.26. The quantitative estimate of drug-likeness (QED) is 0.504. The summed E-state index contributed by atoms with van der Waals surface area (Å²) < 4.78 is 0. The van der Waals surface area contributed by atoms with Crippen LogP contribution in [0.15, 0.2) is 18.2 Å². The summed E-state index contributed by atoms with van der Waals surface area (Å²) in [5.41, 5.74) is 6.88. The number of nitrogen functional groups attached to an aromatic ring is 1. The summed E-state index contributed by atoms with van der Waals surface area (Å²) >= 11 is 5.74. The lowest BCUT2D eigenvalue weighted by Crippen LogP contribution is -1.88. The van der Waals surface area contributed by atoms with Crippen molar-refractivity contribution in [1.29, 1.82) is 5.26 Å². The van der Waals surface area contributed by atoms with E-state index >= 15 is 0 Å². The summed E-state index contributed by atoms with van der Waals surface area (Å²) in [5.74, 6) is 5.44. The highest BCUT2D eigenvalue weighted by atomic mass is 35.5. The van der Waals surface area contributed by atoms with Crippen LogP contribution in [0.2, 0.25) is 5.02 Å². The first-order valence-corrected chi connectivity index (χ1v) is 4.02. The van der Waals surface area contributed by atoms with E-state index in [4.69, 9.17) is 22.6 Å². The molecule has 0 saturated heterocycles. The number of nitrogens with zero attached hydrogens (tertiary/aromatic N) is 1. The van der Waals surface area contributed by atoms with E-state index in [1.54, 1.807) is 18.2 Å². The van der Waals surface area contributed by atoms with Crippen LogP contribution in [0.25, 0.3) is 0 Å². The van der Waals surface area contributed by atoms with E-state index in [1.165, 1.54) is 0 Å². The van der Waals surface area contributed by atoms with Gasteiger partial charge in [-0.25, -0.2) is 0 Å². The average molecular weight is 191 g/mol. The first-order chi connectivity index (χ1) is 6.24. The fourth-order valence-corrected chi connectivity index (χ4v) is 0.988. The molecule has 0 amide bonds. The van der Waals surface area contributed by atoms with Crippen LogP contribution in [0.4, 0.5) is 5.69 Å². The molecule has 0 radical (unpaired) electrons. The summed E-state index contributed by atoms with van der Waals surface area (Å²) in [5, 5.41) is 8.85. The summed E-state index contributed by atoms with van der Waals surface area (Å²) in [7, 11) is 0. The van der Waals surface area contributed by atoms with Gasteiger partial charge in [-0.05, 0) is 18.2 Å². The van der Waals surface area contributed by atoms with Crippen LogP contribution in [0.5, 0.6) is 0 Å². The molecule has 0 bridgehead atoms. The lowest BCUT2D eigenvalue weighted by molar-refractivity contribution is 1.39. The van der Waals surface area contributed by atoms with Crippen molar-refractivity contribution in [1.82, 2.24) is 0 Å². The zero-order valence-electron chi connectivity index (χ0n) is 6.84. The molecule has 1 aromatic carbocycles. The van der Waals surface area contributed by atoms with Crippen LogP contribution in [0.3, 0.4) is 0 Å². The molecule has 0 aliphatic heterocycles. The smallest absolute Gasteiger partial charge is 0.0966 e. The highest BCUT2D eigenvalue weighted by Gasteiger charge is 1.95. The third-order valence-corrected chi connectivity index (χ3v) is 1.64. The van der Waals surface area contributed by atoms with Gasteiger partial charge in [-0.3, -0.25) is 0 Å². The molecule has 64 valence electrons. The molecule has 0 atom stereocenters. The highest BCUT2D eigenvalue weighted by molar-refractivity contribution is 6.30. The summed E-state index contributed by atoms with van der Waals surface area (Å²) in [6.45, 7) is 0. The molecule has 3 heteroatoms. The Balaban J connectivity index is 2.97. The fourth-order valence-electron chi connectivity index (χ4n) is 0.816. The first kappa shape index (κ1) is 9.45. The van der Waals surface area contributed by atoms with E-state index in [0.717, 1.165) is 0 Å². The fraction of sp³-hybridized carbons (Fsp3) is 0.100. The molecule has 0 saturated carbocycles. The normalized spacial score (nSPS) is 8.31. The van der Waals surface area contributed by atoms with Crippen molar-refractivity contribution < 1.29 is 0 Å². The van der Waals surface area contributed by atoms with E-state index in [1.807, 2.05) is 6.07 Å². The molecule has 0 aliphatic carbocycles. The van der Waals surface area contributed by atoms with Crippen LogP contribution in [0.1, 0.15) is 12.0 Å². The molecule has 0 fully saturated rings. The lowest BCUT2D eigenvalue weighted by atomic mass is 10.2. The zero-order valence-corrected chi connectivity index (χ0v) is 7.60. The molecule has 13 heavy (non-hydrogen) atoms. The number of nitrogens with two attached hydrogens (primary N) is 1. The predicted octanol–water partition coefficient (Wildman–Crippen LogP) is 2.19. The number of hydrogen-bond donors (Lipinski definition) is 1. The van der Waals surface area contributed by atoms with Gasteiger partial charge >= 0.3 is 0 Å². The zero-order chi connectivity index (χ0) is 9.68. The van der Waals surface area contributed by atoms with Crippen LogP contribution >= 0.6 is 11.6 Å². The van der Waals surface area contributed by atoms with Crippen molar-refractivity contribution >= 4 is 17.3 Å². The molecular formula is C10H7ClN2. The van der Waals surface area contributed by atoms with Gasteiger partial charge < -0.3 is 5.73 Å². The Bertz CT molecular complexity index is 407. The number of nitriles is 1. The lowest BCUT2D eigenvalue weighted by Gasteiger charge is -1.97. The number of hydrogen-bond acceptors (Lipinski definition) is 2. The minimum atomic E-state index is 0.200. The summed E-state index contributed by atoms with van der Waals surface area (Å²) in [4.78, 5) is 0. The van der Waals surface area contributed by atoms with E-state index in [0.29, 0.717) is 16.3 Å². The molecule has 0 aromatic heterocycles. The average Bonchev–Trinajstić information content (AvgIpc) is 2.11. The Morgan fingerprint density at radius 2 is 2.23 bits per heavy atom. The minimum absolute atomic E-state index is 0.200. The van der Waals surface area contributed by atoms with Crippen molar-refractivity contribution in [2.45, 2.75) is 6.42 Å². The van der Waals surface area contributed by atoms with Gasteiger partial charge in [-0.2, -0.15) is 5.26 Å². The molecule has 0 spiro atoms. The van der Waals surface area contributed by atoms with Gasteiger partial charge in [0.15, 0.2) is 0 Å². The van der Waals surface area contributed by atoms with E-state index < -0.39 is 0 Å². The van der Waals surface area contributed by atoms with Crippen LogP contribution in [-0.4, -0.2) is 0 Å². The van der Waals surface area contributed by atoms with Gasteiger partial charge in [0.05, 0.1) is 12.5 Å². The Morgan fingerprint density at radius 1 is 1.46 bits per heavy atom. The Morgan fingerprint density at radius 3 is 2.92 bits per heavy atom. The van der Waals surface area contributed by atoms with Crippen LogP contribution in [-0.2, 0) is 0 Å². The largest absolute Gasteiger partial charge is 0.398 e. The second kappa shape index (κ2) is 4.40. The minimum Gasteiger partial charge on any atom is -0.398 e. The molecule has 1 rings (SSSR count). The maximum Gasteiger partial charge on any atom is 0.0966 e. The SMILES string of the molecule is N#CCC#Cc1cc(Cl)ccc1N. The molecule has 0 aliphatic rings. The van der Waals surface area contributed by atoms with E-state index in [9.17, 15) is 0 Å². The van der Waals surface area contributed by atoms with Crippen molar-refractivity contribution in [2.75, 3.05) is 5.73 Å². The molecule has 0 unspecified atom stereocenters. The maximum absolute atomic E-state index is 8.26. The third-order valence-electron chi connectivity index (χ3n) is 1.41. The summed E-state index contributed by atoms with van der Waals surface area (Å²) in [6, 6.07) is 7.00. The molecule has 2 N–H and O–H groups in total.